The number of hydrogen-bond acceptors (Lipinski definition) is 5. The van der Waals surface area contributed by atoms with Crippen molar-refractivity contribution in [1.82, 2.24) is 4.31 Å². The molecule has 4 aliphatic rings. The molecule has 1 amide bonds. The maximum Gasteiger partial charge on any atom is 0.333 e. The van der Waals surface area contributed by atoms with Crippen LogP contribution in [0.1, 0.15) is 58.4 Å². The molecule has 1 aliphatic heterocycles. The summed E-state index contributed by atoms with van der Waals surface area (Å²) in [6.07, 6.45) is 4.82. The largest absolute Gasteiger partial charge is 0.463 e. The number of sulfonamides is 1. The highest BCUT2D eigenvalue weighted by Gasteiger charge is 2.73. The van der Waals surface area contributed by atoms with E-state index in [0.717, 1.165) is 24.8 Å². The minimum Gasteiger partial charge on any atom is -0.463 e. The highest BCUT2D eigenvalue weighted by Crippen LogP contribution is 2.70. The van der Waals surface area contributed by atoms with Crippen molar-refractivity contribution in [2.45, 2.75) is 64.3 Å². The zero-order chi connectivity index (χ0) is 22.9. The molecule has 5 rings (SSSR count). The third-order valence-corrected chi connectivity index (χ3v) is 11.0. The molecule has 6 nitrogen and oxygen atoms in total. The average molecular weight is 458 g/mol. The smallest absolute Gasteiger partial charge is 0.333 e. The van der Waals surface area contributed by atoms with Gasteiger partial charge in [0.2, 0.25) is 15.9 Å². The number of hydrogen-bond donors (Lipinski definition) is 0. The first-order chi connectivity index (χ1) is 15.1. The van der Waals surface area contributed by atoms with Gasteiger partial charge in [0.15, 0.2) is 0 Å². The first-order valence-corrected chi connectivity index (χ1v) is 13.2. The summed E-state index contributed by atoms with van der Waals surface area (Å²) in [5.41, 5.74) is -0.389. The van der Waals surface area contributed by atoms with Crippen LogP contribution in [0.15, 0.2) is 42.0 Å². The van der Waals surface area contributed by atoms with Crippen molar-refractivity contribution in [3.05, 3.63) is 47.5 Å². The maximum atomic E-state index is 14.3. The summed E-state index contributed by atoms with van der Waals surface area (Å²) >= 11 is 0. The molecule has 1 aromatic carbocycles. The molecule has 2 bridgehead atoms. The van der Waals surface area contributed by atoms with Crippen LogP contribution in [-0.4, -0.2) is 43.0 Å². The molecule has 172 valence electrons. The topological polar surface area (TPSA) is 80.8 Å². The van der Waals surface area contributed by atoms with Gasteiger partial charge < -0.3 is 4.74 Å². The van der Waals surface area contributed by atoms with Gasteiger partial charge in [-0.2, -0.15) is 0 Å². The molecule has 1 spiro atoms. The van der Waals surface area contributed by atoms with Gasteiger partial charge in [-0.05, 0) is 55.9 Å². The molecular weight excluding hydrogens is 426 g/mol. The fraction of sp³-hybridized carbons (Fsp3) is 0.600. The first kappa shape index (κ1) is 21.7. The summed E-state index contributed by atoms with van der Waals surface area (Å²) in [7, 11) is -3.75. The second-order valence-electron chi connectivity index (χ2n) is 10.5. The zero-order valence-electron chi connectivity index (χ0n) is 19.0. The summed E-state index contributed by atoms with van der Waals surface area (Å²) in [5, 5.41) is 0. The van der Waals surface area contributed by atoms with Gasteiger partial charge in [-0.15, -0.1) is 0 Å². The van der Waals surface area contributed by atoms with Crippen LogP contribution in [0.25, 0.3) is 0 Å². The van der Waals surface area contributed by atoms with Crippen molar-refractivity contribution < 1.29 is 22.7 Å². The van der Waals surface area contributed by atoms with Crippen molar-refractivity contribution in [1.29, 1.82) is 0 Å². The fourth-order valence-electron chi connectivity index (χ4n) is 7.18. The lowest BCUT2D eigenvalue weighted by Gasteiger charge is -2.39. The molecule has 0 aromatic heterocycles. The summed E-state index contributed by atoms with van der Waals surface area (Å²) in [4.78, 5) is 26.8. The van der Waals surface area contributed by atoms with Crippen LogP contribution in [0.2, 0.25) is 0 Å². The minimum atomic E-state index is -3.75. The standard InChI is InChI=1S/C25H31NO5S/c1-4-31-21(27)17-10-12-24(15-17,18-8-6-5-7-9-18)22(28)26-20-14-19-11-13-25(20,23(19,2)3)16-32(26,29)30/h5-10,19-20H,4,11-16H2,1-3H3/t19-,20-,24-,25-/m1/s1. The number of carbonyl (C=O) groups excluding carboxylic acids is 2. The van der Waals surface area contributed by atoms with E-state index in [4.69, 9.17) is 4.74 Å². The van der Waals surface area contributed by atoms with Gasteiger partial charge in [-0.1, -0.05) is 50.3 Å². The lowest BCUT2D eigenvalue weighted by Crippen LogP contribution is -2.51. The molecule has 0 unspecified atom stereocenters. The summed E-state index contributed by atoms with van der Waals surface area (Å²) in [5.74, 6) is -0.338. The van der Waals surface area contributed by atoms with E-state index in [1.807, 2.05) is 30.3 Å². The fourth-order valence-corrected chi connectivity index (χ4v) is 9.78. The lowest BCUT2D eigenvalue weighted by atomic mass is 9.68. The number of rotatable bonds is 4. The molecule has 0 N–H and O–H groups in total. The second kappa shape index (κ2) is 6.92. The lowest BCUT2D eigenvalue weighted by molar-refractivity contribution is -0.139. The van der Waals surface area contributed by atoms with Gasteiger partial charge in [0.05, 0.1) is 23.8 Å². The second-order valence-corrected chi connectivity index (χ2v) is 12.3. The van der Waals surface area contributed by atoms with E-state index in [2.05, 4.69) is 13.8 Å². The molecule has 7 heteroatoms. The van der Waals surface area contributed by atoms with E-state index in [9.17, 15) is 18.0 Å². The van der Waals surface area contributed by atoms with Crippen molar-refractivity contribution >= 4 is 21.9 Å². The molecular formula is C25H31NO5S. The van der Waals surface area contributed by atoms with Gasteiger partial charge in [0.1, 0.15) is 0 Å². The van der Waals surface area contributed by atoms with Crippen molar-refractivity contribution in [2.24, 2.45) is 16.7 Å². The van der Waals surface area contributed by atoms with Gasteiger partial charge in [-0.25, -0.2) is 17.5 Å². The number of carbonyl (C=O) groups is 2. The zero-order valence-corrected chi connectivity index (χ0v) is 19.8. The molecule has 2 saturated carbocycles. The van der Waals surface area contributed by atoms with Crippen LogP contribution in [0.3, 0.4) is 0 Å². The van der Waals surface area contributed by atoms with Gasteiger partial charge >= 0.3 is 5.97 Å². The Bertz CT molecular complexity index is 1110. The van der Waals surface area contributed by atoms with E-state index in [1.165, 1.54) is 4.31 Å². The highest BCUT2D eigenvalue weighted by molar-refractivity contribution is 7.90. The van der Waals surface area contributed by atoms with Crippen molar-refractivity contribution in [3.63, 3.8) is 0 Å². The monoisotopic (exact) mass is 457 g/mol. The Labute approximate surface area is 190 Å². The molecule has 0 radical (unpaired) electrons. The molecule has 1 heterocycles. The van der Waals surface area contributed by atoms with E-state index in [1.54, 1.807) is 13.0 Å². The Hall–Kier alpha value is -2.15. The Morgan fingerprint density at radius 2 is 1.91 bits per heavy atom. The third-order valence-electron chi connectivity index (χ3n) is 9.07. The first-order valence-electron chi connectivity index (χ1n) is 11.6. The number of ether oxygens (including phenoxy) is 1. The van der Waals surface area contributed by atoms with Crippen LogP contribution < -0.4 is 0 Å². The Balaban J connectivity index is 1.57. The van der Waals surface area contributed by atoms with Crippen molar-refractivity contribution in [3.8, 4) is 0 Å². The van der Waals surface area contributed by atoms with Crippen LogP contribution in [0.5, 0.6) is 0 Å². The average Bonchev–Trinajstić information content (AvgIpc) is 3.42. The third kappa shape index (κ3) is 2.66. The van der Waals surface area contributed by atoms with Crippen LogP contribution >= 0.6 is 0 Å². The summed E-state index contributed by atoms with van der Waals surface area (Å²) < 4.78 is 33.5. The highest BCUT2D eigenvalue weighted by atomic mass is 32.2. The SMILES string of the molecule is CCOC(=O)C1=CC[C@](C(=O)N2[C@@H]3C[C@H]4CC[C@]3(CS2(=O)=O)C4(C)C)(c2ccccc2)C1. The predicted molar refractivity (Wildman–Crippen MR) is 120 cm³/mol. The van der Waals surface area contributed by atoms with Gasteiger partial charge in [0.25, 0.3) is 0 Å². The summed E-state index contributed by atoms with van der Waals surface area (Å²) in [6.45, 7) is 6.36. The number of esters is 1. The molecule has 32 heavy (non-hydrogen) atoms. The molecule has 3 fully saturated rings. The van der Waals surface area contributed by atoms with Crippen LogP contribution in [0, 0.1) is 16.7 Å². The van der Waals surface area contributed by atoms with Gasteiger partial charge in [-0.3, -0.25) is 4.79 Å². The Morgan fingerprint density at radius 3 is 2.56 bits per heavy atom. The van der Waals surface area contributed by atoms with Gasteiger partial charge in [0, 0.05) is 11.0 Å². The molecule has 4 atom stereocenters. The van der Waals surface area contributed by atoms with E-state index in [0.29, 0.717) is 17.9 Å². The Morgan fingerprint density at radius 1 is 1.19 bits per heavy atom. The number of allylic oxidation sites excluding steroid dienone is 1. The quantitative estimate of drug-likeness (QED) is 0.646. The number of nitrogens with zero attached hydrogens (tertiary/aromatic N) is 1. The predicted octanol–water partition coefficient (Wildman–Crippen LogP) is 3.57. The number of benzene rings is 1. The van der Waals surface area contributed by atoms with E-state index in [-0.39, 0.29) is 41.6 Å². The molecule has 3 aliphatic carbocycles. The summed E-state index contributed by atoms with van der Waals surface area (Å²) in [6, 6.07) is 9.02. The van der Waals surface area contributed by atoms with E-state index < -0.39 is 21.4 Å². The minimum absolute atomic E-state index is 0.0446. The van der Waals surface area contributed by atoms with Crippen molar-refractivity contribution in [2.75, 3.05) is 12.4 Å². The number of amides is 1. The van der Waals surface area contributed by atoms with Crippen LogP contribution in [0.4, 0.5) is 0 Å². The Kier molecular flexibility index (Phi) is 4.69. The molecule has 1 aromatic rings. The maximum absolute atomic E-state index is 14.3. The normalized spacial score (nSPS) is 36.1. The molecule has 1 saturated heterocycles. The number of fused-ring (bicyclic) bond motifs is 1. The van der Waals surface area contributed by atoms with E-state index >= 15 is 0 Å². The van der Waals surface area contributed by atoms with Crippen LogP contribution in [-0.2, 0) is 29.8 Å².